The monoisotopic (exact) mass is 263 g/mol. The molecule has 7 heteroatoms. The van der Waals surface area contributed by atoms with Crippen molar-refractivity contribution >= 4 is 5.91 Å². The smallest absolute Gasteiger partial charge is 0.344 e. The summed E-state index contributed by atoms with van der Waals surface area (Å²) in [5.41, 5.74) is 0. The van der Waals surface area contributed by atoms with Crippen molar-refractivity contribution in [3.63, 3.8) is 0 Å². The minimum absolute atomic E-state index is 0.125. The number of likely N-dealkylation sites (N-methyl/N-ethyl adjacent to an activating group) is 1. The summed E-state index contributed by atoms with van der Waals surface area (Å²) >= 11 is 0. The third kappa shape index (κ3) is 5.36. The summed E-state index contributed by atoms with van der Waals surface area (Å²) < 4.78 is 37.0. The van der Waals surface area contributed by atoms with Crippen molar-refractivity contribution in [1.82, 2.24) is 9.80 Å². The maximum atomic E-state index is 12.3. The van der Waals surface area contributed by atoms with E-state index in [-0.39, 0.29) is 31.5 Å². The molecule has 0 aromatic rings. The van der Waals surface area contributed by atoms with Crippen molar-refractivity contribution < 1.29 is 18.0 Å². The van der Waals surface area contributed by atoms with Crippen molar-refractivity contribution in [2.75, 3.05) is 26.7 Å². The van der Waals surface area contributed by atoms with E-state index in [0.29, 0.717) is 12.8 Å². The van der Waals surface area contributed by atoms with Gasteiger partial charge in [-0.2, -0.15) is 18.4 Å². The molecule has 1 aliphatic carbocycles. The molecule has 1 aliphatic rings. The van der Waals surface area contributed by atoms with Crippen LogP contribution in [0.15, 0.2) is 0 Å². The van der Waals surface area contributed by atoms with Gasteiger partial charge in [-0.1, -0.05) is 0 Å². The molecule has 0 unspecified atom stereocenters. The lowest BCUT2D eigenvalue weighted by atomic mass is 10.3. The second kappa shape index (κ2) is 6.05. The van der Waals surface area contributed by atoms with Crippen LogP contribution in [0, 0.1) is 11.3 Å². The van der Waals surface area contributed by atoms with Crippen LogP contribution < -0.4 is 0 Å². The van der Waals surface area contributed by atoms with Crippen molar-refractivity contribution in [3.05, 3.63) is 0 Å². The van der Waals surface area contributed by atoms with Crippen LogP contribution in [-0.4, -0.2) is 54.6 Å². The van der Waals surface area contributed by atoms with Crippen molar-refractivity contribution in [2.24, 2.45) is 0 Å². The van der Waals surface area contributed by atoms with Crippen LogP contribution in [0.5, 0.6) is 0 Å². The van der Waals surface area contributed by atoms with E-state index < -0.39 is 12.7 Å². The van der Waals surface area contributed by atoms with E-state index in [1.165, 1.54) is 16.8 Å². The zero-order chi connectivity index (χ0) is 13.8. The first-order valence-corrected chi connectivity index (χ1v) is 5.75. The van der Waals surface area contributed by atoms with Gasteiger partial charge in [0.15, 0.2) is 0 Å². The third-order valence-electron chi connectivity index (χ3n) is 2.77. The van der Waals surface area contributed by atoms with Crippen LogP contribution in [0.4, 0.5) is 13.2 Å². The number of hydrogen-bond acceptors (Lipinski definition) is 3. The quantitative estimate of drug-likeness (QED) is 0.727. The lowest BCUT2D eigenvalue weighted by Gasteiger charge is -2.25. The molecule has 0 bridgehead atoms. The van der Waals surface area contributed by atoms with Gasteiger partial charge in [-0.05, 0) is 12.8 Å². The van der Waals surface area contributed by atoms with Gasteiger partial charge in [-0.3, -0.25) is 9.69 Å². The Morgan fingerprint density at radius 2 is 2.06 bits per heavy atom. The first-order valence-electron chi connectivity index (χ1n) is 5.75. The molecule has 0 atom stereocenters. The molecule has 0 spiro atoms. The molecule has 0 aliphatic heterocycles. The van der Waals surface area contributed by atoms with Gasteiger partial charge in [0, 0.05) is 19.6 Å². The molecule has 0 aromatic carbocycles. The summed E-state index contributed by atoms with van der Waals surface area (Å²) in [6.07, 6.45) is -2.67. The summed E-state index contributed by atoms with van der Waals surface area (Å²) in [4.78, 5) is 14.2. The highest BCUT2D eigenvalue weighted by molar-refractivity contribution is 5.78. The van der Waals surface area contributed by atoms with Gasteiger partial charge in [0.05, 0.1) is 25.6 Å². The number of rotatable bonds is 6. The standard InChI is InChI=1S/C11H16F3N3O/c1-16(6-2-5-15)10(18)7-17(9-3-4-9)8-11(12,13)14/h9H,2-4,6-8H2,1H3. The van der Waals surface area contributed by atoms with E-state index in [2.05, 4.69) is 0 Å². The maximum Gasteiger partial charge on any atom is 0.401 e. The van der Waals surface area contributed by atoms with E-state index in [0.717, 1.165) is 0 Å². The predicted molar refractivity (Wildman–Crippen MR) is 58.5 cm³/mol. The van der Waals surface area contributed by atoms with Gasteiger partial charge < -0.3 is 4.90 Å². The molecule has 1 saturated carbocycles. The summed E-state index contributed by atoms with van der Waals surface area (Å²) in [6.45, 7) is -1.03. The number of hydrogen-bond donors (Lipinski definition) is 0. The minimum atomic E-state index is -4.28. The highest BCUT2D eigenvalue weighted by atomic mass is 19.4. The van der Waals surface area contributed by atoms with Gasteiger partial charge >= 0.3 is 6.18 Å². The second-order valence-electron chi connectivity index (χ2n) is 4.47. The number of carbonyl (C=O) groups excluding carboxylic acids is 1. The molecule has 18 heavy (non-hydrogen) atoms. The summed E-state index contributed by atoms with van der Waals surface area (Å²) in [5, 5.41) is 8.38. The number of amides is 1. The fourth-order valence-corrected chi connectivity index (χ4v) is 1.62. The van der Waals surface area contributed by atoms with E-state index in [4.69, 9.17) is 5.26 Å². The molecule has 0 heterocycles. The zero-order valence-electron chi connectivity index (χ0n) is 10.2. The fourth-order valence-electron chi connectivity index (χ4n) is 1.62. The number of nitrogens with zero attached hydrogens (tertiary/aromatic N) is 3. The van der Waals surface area contributed by atoms with Crippen molar-refractivity contribution in [2.45, 2.75) is 31.5 Å². The normalized spacial score (nSPS) is 15.6. The third-order valence-corrected chi connectivity index (χ3v) is 2.77. The van der Waals surface area contributed by atoms with Gasteiger partial charge in [0.2, 0.25) is 5.91 Å². The first-order chi connectivity index (χ1) is 8.33. The van der Waals surface area contributed by atoms with Crippen LogP contribution >= 0.6 is 0 Å². The molecular formula is C11H16F3N3O. The number of nitriles is 1. The van der Waals surface area contributed by atoms with E-state index >= 15 is 0 Å². The Morgan fingerprint density at radius 3 is 2.50 bits per heavy atom. The number of carbonyl (C=O) groups is 1. The Balaban J connectivity index is 2.46. The van der Waals surface area contributed by atoms with Crippen LogP contribution in [0.1, 0.15) is 19.3 Å². The van der Waals surface area contributed by atoms with Gasteiger partial charge in [0.25, 0.3) is 0 Å². The zero-order valence-corrected chi connectivity index (χ0v) is 10.2. The minimum Gasteiger partial charge on any atom is -0.344 e. The molecule has 1 rings (SSSR count). The Bertz CT molecular complexity index is 333. The maximum absolute atomic E-state index is 12.3. The van der Waals surface area contributed by atoms with Gasteiger partial charge in [-0.25, -0.2) is 0 Å². The highest BCUT2D eigenvalue weighted by Crippen LogP contribution is 2.29. The Labute approximate surface area is 104 Å². The lowest BCUT2D eigenvalue weighted by molar-refractivity contribution is -0.152. The van der Waals surface area contributed by atoms with Crippen LogP contribution in [0.2, 0.25) is 0 Å². The molecular weight excluding hydrogens is 247 g/mol. The summed E-state index contributed by atoms with van der Waals surface area (Å²) in [5.74, 6) is -0.374. The first kappa shape index (κ1) is 14.8. The van der Waals surface area contributed by atoms with E-state index in [9.17, 15) is 18.0 Å². The van der Waals surface area contributed by atoms with E-state index in [1.54, 1.807) is 0 Å². The number of alkyl halides is 3. The highest BCUT2D eigenvalue weighted by Gasteiger charge is 2.39. The number of halogens is 3. The molecule has 0 aromatic heterocycles. The van der Waals surface area contributed by atoms with Crippen LogP contribution in [0.3, 0.4) is 0 Å². The molecule has 4 nitrogen and oxygen atoms in total. The molecule has 102 valence electrons. The Kier molecular flexibility index (Phi) is 4.96. The largest absolute Gasteiger partial charge is 0.401 e. The van der Waals surface area contributed by atoms with Gasteiger partial charge in [-0.15, -0.1) is 0 Å². The SMILES string of the molecule is CN(CCC#N)C(=O)CN(CC(F)(F)F)C1CC1. The summed E-state index contributed by atoms with van der Waals surface area (Å²) in [7, 11) is 1.50. The van der Waals surface area contributed by atoms with Crippen LogP contribution in [-0.2, 0) is 4.79 Å². The van der Waals surface area contributed by atoms with Gasteiger partial charge in [0.1, 0.15) is 0 Å². The Hall–Kier alpha value is -1.29. The second-order valence-corrected chi connectivity index (χ2v) is 4.47. The molecule has 0 radical (unpaired) electrons. The Morgan fingerprint density at radius 1 is 1.44 bits per heavy atom. The lowest BCUT2D eigenvalue weighted by Crippen LogP contribution is -2.43. The average Bonchev–Trinajstić information content (AvgIpc) is 3.06. The molecule has 1 amide bonds. The van der Waals surface area contributed by atoms with Crippen LogP contribution in [0.25, 0.3) is 0 Å². The molecule has 0 N–H and O–H groups in total. The molecule has 1 fully saturated rings. The average molecular weight is 263 g/mol. The van der Waals surface area contributed by atoms with Crippen molar-refractivity contribution in [1.29, 1.82) is 5.26 Å². The predicted octanol–water partition coefficient (Wildman–Crippen LogP) is 1.39. The molecule has 0 saturated heterocycles. The summed E-state index contributed by atoms with van der Waals surface area (Å²) in [6, 6.07) is 1.77. The van der Waals surface area contributed by atoms with Crippen molar-refractivity contribution in [3.8, 4) is 6.07 Å². The fraction of sp³-hybridized carbons (Fsp3) is 0.818. The van der Waals surface area contributed by atoms with E-state index in [1.807, 2.05) is 6.07 Å². The topological polar surface area (TPSA) is 47.3 Å².